The van der Waals surface area contributed by atoms with Crippen LogP contribution in [0.3, 0.4) is 0 Å². The quantitative estimate of drug-likeness (QED) is 0.393. The zero-order valence-electron chi connectivity index (χ0n) is 17.0. The van der Waals surface area contributed by atoms with E-state index in [1.54, 1.807) is 29.7 Å². The minimum atomic E-state index is 0.491. The summed E-state index contributed by atoms with van der Waals surface area (Å²) in [6.07, 6.45) is 1.72. The van der Waals surface area contributed by atoms with E-state index < -0.39 is 0 Å². The molecule has 0 atom stereocenters. The van der Waals surface area contributed by atoms with E-state index in [0.29, 0.717) is 17.3 Å². The monoisotopic (exact) mass is 411 g/mol. The fraction of sp³-hybridized carbons (Fsp3) is 0.125. The van der Waals surface area contributed by atoms with Crippen LogP contribution in [-0.4, -0.2) is 9.97 Å². The molecule has 0 saturated heterocycles. The van der Waals surface area contributed by atoms with Crippen molar-refractivity contribution in [2.24, 2.45) is 0 Å². The van der Waals surface area contributed by atoms with E-state index in [9.17, 15) is 0 Å². The second kappa shape index (κ2) is 8.36. The smallest absolute Gasteiger partial charge is 0.229 e. The molecule has 5 nitrogen and oxygen atoms in total. The fourth-order valence-corrected chi connectivity index (χ4v) is 4.15. The molecule has 0 spiro atoms. The van der Waals surface area contributed by atoms with Crippen molar-refractivity contribution in [2.75, 3.05) is 10.6 Å². The maximum absolute atomic E-state index is 8.92. The molecule has 2 aromatic carbocycles. The first-order valence-electron chi connectivity index (χ1n) is 9.56. The highest BCUT2D eigenvalue weighted by atomic mass is 32.1. The molecule has 2 heterocycles. The van der Waals surface area contributed by atoms with Gasteiger partial charge in [0.15, 0.2) is 0 Å². The molecule has 0 amide bonds. The normalized spacial score (nSPS) is 10.5. The van der Waals surface area contributed by atoms with Crippen LogP contribution in [0.5, 0.6) is 0 Å². The number of thiophene rings is 1. The van der Waals surface area contributed by atoms with Crippen molar-refractivity contribution in [3.05, 3.63) is 82.4 Å². The van der Waals surface area contributed by atoms with Gasteiger partial charge in [-0.25, -0.2) is 4.98 Å². The summed E-state index contributed by atoms with van der Waals surface area (Å²) in [5.41, 5.74) is 7.34. The molecule has 0 unspecified atom stereocenters. The van der Waals surface area contributed by atoms with E-state index in [0.717, 1.165) is 22.5 Å². The van der Waals surface area contributed by atoms with Gasteiger partial charge in [-0.3, -0.25) is 0 Å². The van der Waals surface area contributed by atoms with E-state index in [1.807, 2.05) is 18.2 Å². The maximum Gasteiger partial charge on any atom is 0.229 e. The van der Waals surface area contributed by atoms with Gasteiger partial charge in [-0.2, -0.15) is 10.2 Å². The van der Waals surface area contributed by atoms with Gasteiger partial charge in [-0.05, 0) is 96.9 Å². The summed E-state index contributed by atoms with van der Waals surface area (Å²) in [4.78, 5) is 10.1. The minimum absolute atomic E-state index is 0.491. The summed E-state index contributed by atoms with van der Waals surface area (Å²) in [6.45, 7) is 6.33. The molecule has 0 radical (unpaired) electrons. The summed E-state index contributed by atoms with van der Waals surface area (Å²) < 4.78 is 0. The Kier molecular flexibility index (Phi) is 5.46. The molecule has 6 heteroatoms. The highest BCUT2D eigenvalue weighted by Crippen LogP contribution is 2.33. The lowest BCUT2D eigenvalue weighted by molar-refractivity contribution is 1.16. The van der Waals surface area contributed by atoms with Crippen LogP contribution in [0.1, 0.15) is 22.3 Å². The van der Waals surface area contributed by atoms with E-state index in [2.05, 4.69) is 71.0 Å². The van der Waals surface area contributed by atoms with Crippen molar-refractivity contribution in [3.8, 4) is 16.5 Å². The van der Waals surface area contributed by atoms with Crippen molar-refractivity contribution in [2.45, 2.75) is 20.8 Å². The molecule has 4 aromatic rings. The van der Waals surface area contributed by atoms with Crippen LogP contribution >= 0.6 is 11.3 Å². The molecule has 148 valence electrons. The van der Waals surface area contributed by atoms with Gasteiger partial charge >= 0.3 is 0 Å². The molecule has 30 heavy (non-hydrogen) atoms. The Balaban J connectivity index is 1.55. The number of nitrogens with one attached hydrogen (secondary N) is 2. The molecule has 0 aliphatic heterocycles. The van der Waals surface area contributed by atoms with Gasteiger partial charge in [0, 0.05) is 22.4 Å². The van der Waals surface area contributed by atoms with Gasteiger partial charge in [-0.15, -0.1) is 11.3 Å². The first kappa shape index (κ1) is 19.6. The van der Waals surface area contributed by atoms with Crippen LogP contribution in [0.15, 0.2) is 60.1 Å². The van der Waals surface area contributed by atoms with E-state index in [4.69, 9.17) is 5.26 Å². The van der Waals surface area contributed by atoms with Crippen LogP contribution in [0.2, 0.25) is 0 Å². The fourth-order valence-electron chi connectivity index (χ4n) is 3.26. The van der Waals surface area contributed by atoms with Gasteiger partial charge in [0.05, 0.1) is 11.6 Å². The minimum Gasteiger partial charge on any atom is -0.340 e. The lowest BCUT2D eigenvalue weighted by Gasteiger charge is -2.14. The number of aryl methyl sites for hydroxylation is 3. The van der Waals surface area contributed by atoms with Crippen LogP contribution in [0.25, 0.3) is 10.4 Å². The van der Waals surface area contributed by atoms with Crippen LogP contribution in [-0.2, 0) is 0 Å². The first-order chi connectivity index (χ1) is 14.5. The third kappa shape index (κ3) is 4.32. The molecule has 0 aliphatic rings. The zero-order chi connectivity index (χ0) is 21.1. The third-order valence-corrected chi connectivity index (χ3v) is 5.82. The van der Waals surface area contributed by atoms with Crippen molar-refractivity contribution in [1.29, 1.82) is 5.26 Å². The Morgan fingerprint density at radius 3 is 2.30 bits per heavy atom. The second-order valence-electron chi connectivity index (χ2n) is 7.18. The first-order valence-corrected chi connectivity index (χ1v) is 10.4. The van der Waals surface area contributed by atoms with E-state index >= 15 is 0 Å². The summed E-state index contributed by atoms with van der Waals surface area (Å²) in [5.74, 6) is 1.21. The molecule has 0 bridgehead atoms. The summed E-state index contributed by atoms with van der Waals surface area (Å²) in [5, 5.41) is 17.7. The number of anilines is 4. The number of nitriles is 1. The topological polar surface area (TPSA) is 73.6 Å². The SMILES string of the molecule is Cc1csc(-c2cc(C)c(Nc3ccnc(Nc4ccc(C#N)cc4)n3)c(C)c2)c1. The molecule has 2 aromatic heterocycles. The molecule has 0 aliphatic carbocycles. The van der Waals surface area contributed by atoms with Crippen LogP contribution < -0.4 is 10.6 Å². The Labute approximate surface area is 180 Å². The van der Waals surface area contributed by atoms with E-state index in [1.165, 1.54) is 16.0 Å². The lowest BCUT2D eigenvalue weighted by atomic mass is 10.0. The van der Waals surface area contributed by atoms with E-state index in [-0.39, 0.29) is 0 Å². The predicted molar refractivity (Wildman–Crippen MR) is 124 cm³/mol. The second-order valence-corrected chi connectivity index (χ2v) is 8.09. The Bertz CT molecular complexity index is 1210. The lowest BCUT2D eigenvalue weighted by Crippen LogP contribution is -2.02. The average Bonchev–Trinajstić information content (AvgIpc) is 3.18. The van der Waals surface area contributed by atoms with Gasteiger partial charge in [0.1, 0.15) is 5.82 Å². The number of hydrogen-bond donors (Lipinski definition) is 2. The highest BCUT2D eigenvalue weighted by Gasteiger charge is 2.10. The largest absolute Gasteiger partial charge is 0.340 e. The van der Waals surface area contributed by atoms with Gasteiger partial charge in [-0.1, -0.05) is 0 Å². The number of aromatic nitrogens is 2. The van der Waals surface area contributed by atoms with Gasteiger partial charge in [0.25, 0.3) is 0 Å². The van der Waals surface area contributed by atoms with Crippen molar-refractivity contribution >= 4 is 34.5 Å². The predicted octanol–water partition coefficient (Wildman–Crippen LogP) is 6.49. The molecule has 0 saturated carbocycles. The number of hydrogen-bond acceptors (Lipinski definition) is 6. The van der Waals surface area contributed by atoms with Crippen LogP contribution in [0, 0.1) is 32.1 Å². The van der Waals surface area contributed by atoms with Crippen molar-refractivity contribution in [3.63, 3.8) is 0 Å². The molecular formula is C24H21N5S. The van der Waals surface area contributed by atoms with Crippen LogP contribution in [0.4, 0.5) is 23.1 Å². The highest BCUT2D eigenvalue weighted by molar-refractivity contribution is 7.13. The summed E-state index contributed by atoms with van der Waals surface area (Å²) in [7, 11) is 0. The van der Waals surface area contributed by atoms with Crippen molar-refractivity contribution < 1.29 is 0 Å². The molecule has 4 rings (SSSR count). The Hall–Kier alpha value is -3.69. The maximum atomic E-state index is 8.92. The van der Waals surface area contributed by atoms with Gasteiger partial charge in [0.2, 0.25) is 5.95 Å². The van der Waals surface area contributed by atoms with Gasteiger partial charge < -0.3 is 10.6 Å². The Morgan fingerprint density at radius 2 is 1.67 bits per heavy atom. The number of rotatable bonds is 5. The third-order valence-electron chi connectivity index (χ3n) is 4.73. The molecular weight excluding hydrogens is 390 g/mol. The number of benzene rings is 2. The number of nitrogens with zero attached hydrogens (tertiary/aromatic N) is 3. The molecule has 0 fully saturated rings. The Morgan fingerprint density at radius 1 is 0.933 bits per heavy atom. The zero-order valence-corrected chi connectivity index (χ0v) is 17.8. The summed E-state index contributed by atoms with van der Waals surface area (Å²) >= 11 is 1.77. The average molecular weight is 412 g/mol. The summed E-state index contributed by atoms with van der Waals surface area (Å²) in [6, 6.07) is 17.8. The molecule has 2 N–H and O–H groups in total. The standard InChI is InChI=1S/C24H21N5S/c1-15-10-21(30-14-15)19-11-16(2)23(17(3)12-19)28-22-8-9-26-24(29-22)27-20-6-4-18(13-25)5-7-20/h4-12,14H,1-3H3,(H2,26,27,28,29). The van der Waals surface area contributed by atoms with Crippen molar-refractivity contribution in [1.82, 2.24) is 9.97 Å².